The zero-order chi connectivity index (χ0) is 20.8. The molecular formula is C19H27N7O3. The van der Waals surface area contributed by atoms with Crippen molar-refractivity contribution >= 4 is 23.5 Å². The third-order valence-corrected chi connectivity index (χ3v) is 4.73. The minimum absolute atomic E-state index is 0.00767. The zero-order valence-corrected chi connectivity index (χ0v) is 17.0. The summed E-state index contributed by atoms with van der Waals surface area (Å²) in [5, 5.41) is 10.2. The van der Waals surface area contributed by atoms with E-state index in [0.29, 0.717) is 44.3 Å². The molecule has 0 aliphatic carbocycles. The summed E-state index contributed by atoms with van der Waals surface area (Å²) in [7, 11) is 3.52. The molecule has 3 heterocycles. The molecule has 2 aromatic heterocycles. The van der Waals surface area contributed by atoms with Crippen molar-refractivity contribution < 1.29 is 14.0 Å². The smallest absolute Gasteiger partial charge is 0.287 e. The number of aryl methyl sites for hydroxylation is 2. The van der Waals surface area contributed by atoms with Crippen LogP contribution in [0.5, 0.6) is 0 Å². The standard InChI is InChI=1S/C19H27N7O3/c1-14-5-10-29-17(14)18(28)21-6-4-7-22-19(20-2)25-8-9-26(16(27)13-25)15-11-23-24(3)12-15/h5,10-12H,4,6-9,13H2,1-3H3,(H,20,22)(H,21,28). The largest absolute Gasteiger partial charge is 0.459 e. The number of aromatic nitrogens is 2. The van der Waals surface area contributed by atoms with E-state index in [1.54, 1.807) is 28.9 Å². The second kappa shape index (κ2) is 9.26. The lowest BCUT2D eigenvalue weighted by atomic mass is 10.2. The fourth-order valence-corrected chi connectivity index (χ4v) is 3.18. The van der Waals surface area contributed by atoms with Gasteiger partial charge in [0.2, 0.25) is 5.91 Å². The third-order valence-electron chi connectivity index (χ3n) is 4.73. The van der Waals surface area contributed by atoms with Gasteiger partial charge in [-0.1, -0.05) is 0 Å². The van der Waals surface area contributed by atoms with Crippen LogP contribution in [0.25, 0.3) is 0 Å². The molecule has 2 aromatic rings. The topological polar surface area (TPSA) is 108 Å². The first kappa shape index (κ1) is 20.4. The molecule has 2 amide bonds. The number of rotatable bonds is 6. The molecule has 10 nitrogen and oxygen atoms in total. The van der Waals surface area contributed by atoms with Crippen LogP contribution in [0.4, 0.5) is 5.69 Å². The molecule has 0 unspecified atom stereocenters. The molecule has 0 atom stereocenters. The maximum absolute atomic E-state index is 12.5. The molecule has 0 bridgehead atoms. The Morgan fingerprint density at radius 1 is 1.31 bits per heavy atom. The Balaban J connectivity index is 1.41. The lowest BCUT2D eigenvalue weighted by Gasteiger charge is -2.35. The van der Waals surface area contributed by atoms with Gasteiger partial charge in [-0.3, -0.25) is 19.3 Å². The van der Waals surface area contributed by atoms with Crippen molar-refractivity contribution in [1.29, 1.82) is 0 Å². The van der Waals surface area contributed by atoms with E-state index < -0.39 is 0 Å². The Labute approximate surface area is 169 Å². The number of nitrogens with zero attached hydrogens (tertiary/aromatic N) is 5. The van der Waals surface area contributed by atoms with E-state index in [1.807, 2.05) is 25.1 Å². The molecule has 1 fully saturated rings. The number of aliphatic imine (C=N–C) groups is 1. The van der Waals surface area contributed by atoms with Gasteiger partial charge in [0, 0.05) is 52.0 Å². The molecule has 1 aliphatic rings. The van der Waals surface area contributed by atoms with Gasteiger partial charge in [-0.2, -0.15) is 5.10 Å². The summed E-state index contributed by atoms with van der Waals surface area (Å²) in [4.78, 5) is 32.5. The number of amides is 2. The number of nitrogens with one attached hydrogen (secondary N) is 2. The van der Waals surface area contributed by atoms with E-state index in [2.05, 4.69) is 20.7 Å². The van der Waals surface area contributed by atoms with Crippen LogP contribution in [0.2, 0.25) is 0 Å². The van der Waals surface area contributed by atoms with Gasteiger partial charge >= 0.3 is 0 Å². The third kappa shape index (κ3) is 4.95. The minimum atomic E-state index is -0.214. The Hall–Kier alpha value is -3.30. The number of anilines is 1. The van der Waals surface area contributed by atoms with Gasteiger partial charge in [0.1, 0.15) is 6.54 Å². The lowest BCUT2D eigenvalue weighted by molar-refractivity contribution is -0.120. The normalized spacial score (nSPS) is 15.0. The molecule has 2 N–H and O–H groups in total. The highest BCUT2D eigenvalue weighted by Gasteiger charge is 2.27. The van der Waals surface area contributed by atoms with Gasteiger partial charge in [0.15, 0.2) is 11.7 Å². The van der Waals surface area contributed by atoms with E-state index >= 15 is 0 Å². The molecule has 156 valence electrons. The summed E-state index contributed by atoms with van der Waals surface area (Å²) in [6, 6.07) is 1.76. The quantitative estimate of drug-likeness (QED) is 0.411. The first-order valence-electron chi connectivity index (χ1n) is 9.56. The van der Waals surface area contributed by atoms with E-state index in [0.717, 1.165) is 11.3 Å². The van der Waals surface area contributed by atoms with Gasteiger partial charge in [0.25, 0.3) is 5.91 Å². The van der Waals surface area contributed by atoms with Crippen LogP contribution in [0.15, 0.2) is 34.1 Å². The zero-order valence-electron chi connectivity index (χ0n) is 17.0. The van der Waals surface area contributed by atoms with E-state index in [4.69, 9.17) is 4.42 Å². The number of hydrogen-bond donors (Lipinski definition) is 2. The van der Waals surface area contributed by atoms with E-state index in [-0.39, 0.29) is 18.4 Å². The van der Waals surface area contributed by atoms with Gasteiger partial charge in [0.05, 0.1) is 18.1 Å². The molecule has 1 aliphatic heterocycles. The summed E-state index contributed by atoms with van der Waals surface area (Å²) in [5.41, 5.74) is 1.62. The van der Waals surface area contributed by atoms with Crippen molar-refractivity contribution in [2.75, 3.05) is 44.7 Å². The molecule has 0 spiro atoms. The molecule has 0 radical (unpaired) electrons. The predicted octanol–water partition coefficient (Wildman–Crippen LogP) is 0.366. The van der Waals surface area contributed by atoms with E-state index in [1.165, 1.54) is 6.26 Å². The summed E-state index contributed by atoms with van der Waals surface area (Å²) in [6.45, 7) is 4.47. The van der Waals surface area contributed by atoms with Crippen LogP contribution in [0, 0.1) is 6.92 Å². The number of guanidine groups is 1. The average Bonchev–Trinajstić information content (AvgIpc) is 3.32. The van der Waals surface area contributed by atoms with Crippen molar-refractivity contribution in [3.8, 4) is 0 Å². The SMILES string of the molecule is CN=C(NCCCNC(=O)c1occc1C)N1CCN(c2cnn(C)c2)C(=O)C1. The second-order valence-electron chi connectivity index (χ2n) is 6.86. The molecule has 10 heteroatoms. The highest BCUT2D eigenvalue weighted by molar-refractivity contribution is 5.98. The maximum Gasteiger partial charge on any atom is 0.287 e. The Kier molecular flexibility index (Phi) is 6.53. The van der Waals surface area contributed by atoms with Crippen LogP contribution in [0.3, 0.4) is 0 Å². The molecule has 0 aromatic carbocycles. The van der Waals surface area contributed by atoms with Crippen LogP contribution in [0.1, 0.15) is 22.5 Å². The van der Waals surface area contributed by atoms with Gasteiger partial charge < -0.3 is 24.9 Å². The van der Waals surface area contributed by atoms with E-state index in [9.17, 15) is 9.59 Å². The van der Waals surface area contributed by atoms with Crippen LogP contribution in [-0.2, 0) is 11.8 Å². The first-order valence-corrected chi connectivity index (χ1v) is 9.56. The summed E-state index contributed by atoms with van der Waals surface area (Å²) in [6.07, 6.45) is 5.75. The average molecular weight is 401 g/mol. The van der Waals surface area contributed by atoms with Gasteiger partial charge in [-0.25, -0.2) is 0 Å². The fraction of sp³-hybridized carbons (Fsp3) is 0.474. The number of carbonyl (C=O) groups is 2. The summed E-state index contributed by atoms with van der Waals surface area (Å²) in [5.74, 6) is 0.818. The Morgan fingerprint density at radius 2 is 2.10 bits per heavy atom. The number of carbonyl (C=O) groups excluding carboxylic acids is 2. The molecule has 29 heavy (non-hydrogen) atoms. The van der Waals surface area contributed by atoms with Crippen LogP contribution < -0.4 is 15.5 Å². The Bertz CT molecular complexity index is 886. The van der Waals surface area contributed by atoms with Crippen molar-refractivity contribution in [3.63, 3.8) is 0 Å². The number of hydrogen-bond acceptors (Lipinski definition) is 5. The molecule has 0 saturated carbocycles. The lowest BCUT2D eigenvalue weighted by Crippen LogP contribution is -2.55. The molecular weight excluding hydrogens is 374 g/mol. The first-order chi connectivity index (χ1) is 14.0. The number of furan rings is 1. The van der Waals surface area contributed by atoms with Crippen LogP contribution >= 0.6 is 0 Å². The maximum atomic E-state index is 12.5. The molecule has 1 saturated heterocycles. The van der Waals surface area contributed by atoms with Crippen molar-refractivity contribution in [2.45, 2.75) is 13.3 Å². The summed E-state index contributed by atoms with van der Waals surface area (Å²) >= 11 is 0. The highest BCUT2D eigenvalue weighted by Crippen LogP contribution is 2.16. The predicted molar refractivity (Wildman–Crippen MR) is 109 cm³/mol. The summed E-state index contributed by atoms with van der Waals surface area (Å²) < 4.78 is 6.86. The Morgan fingerprint density at radius 3 is 2.72 bits per heavy atom. The fourth-order valence-electron chi connectivity index (χ4n) is 3.18. The molecule has 3 rings (SSSR count). The monoisotopic (exact) mass is 401 g/mol. The van der Waals surface area contributed by atoms with Gasteiger partial charge in [-0.15, -0.1) is 0 Å². The van der Waals surface area contributed by atoms with Crippen molar-refractivity contribution in [3.05, 3.63) is 36.0 Å². The van der Waals surface area contributed by atoms with Crippen molar-refractivity contribution in [1.82, 2.24) is 25.3 Å². The van der Waals surface area contributed by atoms with Crippen molar-refractivity contribution in [2.24, 2.45) is 12.0 Å². The highest BCUT2D eigenvalue weighted by atomic mass is 16.3. The number of piperazine rings is 1. The second-order valence-corrected chi connectivity index (χ2v) is 6.86. The minimum Gasteiger partial charge on any atom is -0.459 e. The van der Waals surface area contributed by atoms with Gasteiger partial charge in [-0.05, 0) is 19.4 Å². The van der Waals surface area contributed by atoms with Crippen LogP contribution in [-0.4, -0.2) is 72.2 Å².